The molecule has 0 aliphatic carbocycles. The van der Waals surface area contributed by atoms with Crippen LogP contribution in [-0.4, -0.2) is 60.0 Å². The van der Waals surface area contributed by atoms with Crippen LogP contribution in [0.4, 0.5) is 14.4 Å². The molecule has 0 fully saturated rings. The van der Waals surface area contributed by atoms with Crippen molar-refractivity contribution in [2.24, 2.45) is 17.6 Å². The molecule has 12 heteroatoms. The van der Waals surface area contributed by atoms with Crippen LogP contribution >= 0.6 is 0 Å². The zero-order valence-electron chi connectivity index (χ0n) is 26.0. The van der Waals surface area contributed by atoms with Gasteiger partial charge in [-0.15, -0.1) is 0 Å². The van der Waals surface area contributed by atoms with Gasteiger partial charge in [0, 0.05) is 12.8 Å². The Morgan fingerprint density at radius 1 is 0.857 bits per heavy atom. The van der Waals surface area contributed by atoms with Crippen molar-refractivity contribution >= 4 is 24.4 Å². The van der Waals surface area contributed by atoms with Crippen LogP contribution in [0, 0.1) is 11.8 Å². The van der Waals surface area contributed by atoms with Gasteiger partial charge in [0.1, 0.15) is 17.2 Å². The van der Waals surface area contributed by atoms with Gasteiger partial charge in [-0.3, -0.25) is 4.79 Å². The lowest BCUT2D eigenvalue weighted by Crippen LogP contribution is -2.52. The highest BCUT2D eigenvalue weighted by Crippen LogP contribution is 2.31. The molecule has 0 aliphatic heterocycles. The van der Waals surface area contributed by atoms with E-state index in [1.54, 1.807) is 13.8 Å². The molecule has 0 saturated heterocycles. The van der Waals surface area contributed by atoms with Crippen LogP contribution in [-0.2, 0) is 30.2 Å². The minimum Gasteiger partial charge on any atom is -0.480 e. The van der Waals surface area contributed by atoms with Gasteiger partial charge in [0.15, 0.2) is 11.5 Å². The summed E-state index contributed by atoms with van der Waals surface area (Å²) in [5, 5.41) is 9.96. The van der Waals surface area contributed by atoms with E-state index in [4.69, 9.17) is 34.2 Å². The number of aliphatic carboxylic acids is 1. The van der Waals surface area contributed by atoms with Crippen LogP contribution in [0.1, 0.15) is 86.6 Å². The Bertz CT molecular complexity index is 1050. The summed E-state index contributed by atoms with van der Waals surface area (Å²) >= 11 is 0. The molecule has 0 aromatic heterocycles. The highest BCUT2D eigenvalue weighted by Gasteiger charge is 2.38. The monoisotopic (exact) mass is 597 g/mol. The van der Waals surface area contributed by atoms with Crippen LogP contribution < -0.4 is 15.2 Å². The molecule has 1 rings (SSSR count). The zero-order chi connectivity index (χ0) is 32.1. The predicted molar refractivity (Wildman–Crippen MR) is 154 cm³/mol. The van der Waals surface area contributed by atoms with E-state index in [9.17, 15) is 24.3 Å². The Morgan fingerprint density at radius 2 is 1.38 bits per heavy atom. The van der Waals surface area contributed by atoms with Crippen LogP contribution in [0.3, 0.4) is 0 Å². The molecule has 0 saturated carbocycles. The third kappa shape index (κ3) is 13.9. The largest absolute Gasteiger partial charge is 0.513 e. The maximum Gasteiger partial charge on any atom is 0.513 e. The SMILES string of the molecule is CCC(C)(C)OC(=O)O[C@@H](C)CC(N)(Cc1ccc(OC(=O)OCCC(C)C)c(OC(=O)OCCC(C)C)c1)C(=O)O. The molecule has 0 aliphatic rings. The Hall–Kier alpha value is -3.54. The predicted octanol–water partition coefficient (Wildman–Crippen LogP) is 6.25. The van der Waals surface area contributed by atoms with Crippen molar-refractivity contribution in [3.63, 3.8) is 0 Å². The first kappa shape index (κ1) is 36.5. The second-order valence-electron chi connectivity index (χ2n) is 11.8. The van der Waals surface area contributed by atoms with E-state index < -0.39 is 41.7 Å². The van der Waals surface area contributed by atoms with Gasteiger partial charge >= 0.3 is 24.4 Å². The fourth-order valence-corrected chi connectivity index (χ4v) is 3.46. The van der Waals surface area contributed by atoms with Gasteiger partial charge < -0.3 is 39.3 Å². The first-order valence-electron chi connectivity index (χ1n) is 14.2. The average molecular weight is 598 g/mol. The molecule has 12 nitrogen and oxygen atoms in total. The van der Waals surface area contributed by atoms with Crippen LogP contribution in [0.25, 0.3) is 0 Å². The van der Waals surface area contributed by atoms with Gasteiger partial charge in [0.25, 0.3) is 0 Å². The first-order valence-corrected chi connectivity index (χ1v) is 14.2. The molecule has 0 heterocycles. The molecule has 1 unspecified atom stereocenters. The number of hydrogen-bond donors (Lipinski definition) is 2. The van der Waals surface area contributed by atoms with Crippen molar-refractivity contribution in [3.8, 4) is 11.5 Å². The number of carbonyl (C=O) groups is 4. The number of rotatable bonds is 16. The summed E-state index contributed by atoms with van der Waals surface area (Å²) < 4.78 is 31.3. The third-order valence-corrected chi connectivity index (χ3v) is 6.33. The molecule has 2 atom stereocenters. The molecular weight excluding hydrogens is 550 g/mol. The molecule has 0 radical (unpaired) electrons. The fraction of sp³-hybridized carbons (Fsp3) is 0.667. The van der Waals surface area contributed by atoms with E-state index in [-0.39, 0.29) is 37.6 Å². The highest BCUT2D eigenvalue weighted by atomic mass is 16.7. The van der Waals surface area contributed by atoms with E-state index >= 15 is 0 Å². The standard InChI is InChI=1S/C30H47NO11/c1-9-29(7,8)42-28(36)39-21(6)17-30(31,25(32)33)18-22-10-11-23(40-26(34)37-14-12-19(2)3)24(16-22)41-27(35)38-15-13-20(4)5/h10-11,16,19-21H,9,12-15,17-18,31H2,1-8H3,(H,32,33)/t21-,30?/m0/s1. The van der Waals surface area contributed by atoms with Gasteiger partial charge in [-0.25, -0.2) is 14.4 Å². The summed E-state index contributed by atoms with van der Waals surface area (Å²) in [6.45, 7) is 15.0. The molecule has 42 heavy (non-hydrogen) atoms. The summed E-state index contributed by atoms with van der Waals surface area (Å²) in [5.74, 6) is -1.06. The lowest BCUT2D eigenvalue weighted by atomic mass is 9.86. The van der Waals surface area contributed by atoms with E-state index in [0.29, 0.717) is 36.7 Å². The van der Waals surface area contributed by atoms with Crippen LogP contribution in [0.2, 0.25) is 0 Å². The molecule has 0 spiro atoms. The Morgan fingerprint density at radius 3 is 1.86 bits per heavy atom. The summed E-state index contributed by atoms with van der Waals surface area (Å²) in [6, 6.07) is 4.14. The quantitative estimate of drug-likeness (QED) is 0.125. The van der Waals surface area contributed by atoms with E-state index in [2.05, 4.69) is 0 Å². The first-order chi connectivity index (χ1) is 19.5. The van der Waals surface area contributed by atoms with Crippen molar-refractivity contribution in [2.75, 3.05) is 13.2 Å². The number of carboxylic acids is 1. The van der Waals surface area contributed by atoms with E-state index in [1.165, 1.54) is 25.1 Å². The van der Waals surface area contributed by atoms with Crippen molar-refractivity contribution in [1.29, 1.82) is 0 Å². The number of carboxylic acid groups (broad SMARTS) is 1. The van der Waals surface area contributed by atoms with Gasteiger partial charge in [-0.1, -0.05) is 40.7 Å². The maximum absolute atomic E-state index is 12.4. The van der Waals surface area contributed by atoms with Gasteiger partial charge in [0.05, 0.1) is 13.2 Å². The summed E-state index contributed by atoms with van der Waals surface area (Å²) in [4.78, 5) is 49.0. The van der Waals surface area contributed by atoms with Gasteiger partial charge in [-0.2, -0.15) is 0 Å². The molecule has 1 aromatic rings. The number of carbonyl (C=O) groups excluding carboxylic acids is 3. The number of ether oxygens (including phenoxy) is 6. The Labute approximate surface area is 248 Å². The smallest absolute Gasteiger partial charge is 0.480 e. The molecule has 0 amide bonds. The average Bonchev–Trinajstić information content (AvgIpc) is 2.84. The fourth-order valence-electron chi connectivity index (χ4n) is 3.46. The minimum atomic E-state index is -1.88. The molecule has 0 bridgehead atoms. The maximum atomic E-state index is 12.4. The normalized spacial score (nSPS) is 13.6. The third-order valence-electron chi connectivity index (χ3n) is 6.33. The summed E-state index contributed by atoms with van der Waals surface area (Å²) in [7, 11) is 0. The highest BCUT2D eigenvalue weighted by molar-refractivity contribution is 5.79. The van der Waals surface area contributed by atoms with Crippen molar-refractivity contribution in [1.82, 2.24) is 0 Å². The Kier molecular flexibility index (Phi) is 14.6. The summed E-state index contributed by atoms with van der Waals surface area (Å²) in [6.07, 6.45) is -2.57. The van der Waals surface area contributed by atoms with Crippen molar-refractivity contribution in [2.45, 2.75) is 105 Å². The number of benzene rings is 1. The van der Waals surface area contributed by atoms with Crippen LogP contribution in [0.15, 0.2) is 18.2 Å². The lowest BCUT2D eigenvalue weighted by molar-refractivity contribution is -0.145. The van der Waals surface area contributed by atoms with Gasteiger partial charge in [-0.05, 0) is 69.6 Å². The molecule has 1 aromatic carbocycles. The van der Waals surface area contributed by atoms with Gasteiger partial charge in [0.2, 0.25) is 0 Å². The van der Waals surface area contributed by atoms with E-state index in [1.807, 2.05) is 34.6 Å². The van der Waals surface area contributed by atoms with Crippen molar-refractivity contribution < 1.29 is 52.7 Å². The molecule has 238 valence electrons. The van der Waals surface area contributed by atoms with Crippen molar-refractivity contribution in [3.05, 3.63) is 23.8 Å². The topological polar surface area (TPSA) is 170 Å². The second kappa shape index (κ2) is 16.8. The number of hydrogen-bond acceptors (Lipinski definition) is 11. The summed E-state index contributed by atoms with van der Waals surface area (Å²) in [5.41, 5.74) is 3.99. The van der Waals surface area contributed by atoms with Crippen LogP contribution in [0.5, 0.6) is 11.5 Å². The van der Waals surface area contributed by atoms with E-state index in [0.717, 1.165) is 0 Å². The zero-order valence-corrected chi connectivity index (χ0v) is 26.0. The molecule has 3 N–H and O–H groups in total. The minimum absolute atomic E-state index is 0.115. The second-order valence-corrected chi connectivity index (χ2v) is 11.8. The Balaban J connectivity index is 3.13. The number of nitrogens with two attached hydrogens (primary N) is 1. The lowest BCUT2D eigenvalue weighted by Gasteiger charge is -2.29. The molecular formula is C30H47NO11.